The van der Waals surface area contributed by atoms with Crippen LogP contribution in [-0.2, 0) is 5.60 Å². The fraction of sp³-hybridized carbons (Fsp3) is 0.615. The molecule has 17 heavy (non-hydrogen) atoms. The molecule has 4 nitrogen and oxygen atoms in total. The van der Waals surface area contributed by atoms with Gasteiger partial charge in [-0.1, -0.05) is 13.8 Å². The summed E-state index contributed by atoms with van der Waals surface area (Å²) < 4.78 is 5.24. The highest BCUT2D eigenvalue weighted by atomic mass is 16.4. The largest absolute Gasteiger partial charge is 0.478 e. The molecule has 3 atom stereocenters. The SMILES string of the molecule is CC1CCC(O)(c2occc2C(=O)O)C(C)C1. The third-order valence-corrected chi connectivity index (χ3v) is 3.88. The topological polar surface area (TPSA) is 70.7 Å². The normalized spacial score (nSPS) is 33.6. The predicted octanol–water partition coefficient (Wildman–Crippen LogP) is 2.62. The van der Waals surface area contributed by atoms with Crippen LogP contribution in [0.5, 0.6) is 0 Å². The molecule has 3 unspecified atom stereocenters. The highest BCUT2D eigenvalue weighted by Gasteiger charge is 2.44. The van der Waals surface area contributed by atoms with Crippen LogP contribution in [0.3, 0.4) is 0 Å². The molecule has 0 spiro atoms. The standard InChI is InChI=1S/C13H18O4/c1-8-3-5-13(16,9(2)7-8)11-10(12(14)15)4-6-17-11/h4,6,8-9,16H,3,5,7H2,1-2H3,(H,14,15). The molecule has 1 aliphatic carbocycles. The molecule has 1 aliphatic rings. The lowest BCUT2D eigenvalue weighted by Gasteiger charge is -2.39. The van der Waals surface area contributed by atoms with Gasteiger partial charge in [0.05, 0.1) is 6.26 Å². The zero-order chi connectivity index (χ0) is 12.6. The maximum atomic E-state index is 11.1. The molecule has 0 aliphatic heterocycles. The molecule has 0 bridgehead atoms. The van der Waals surface area contributed by atoms with E-state index in [-0.39, 0.29) is 17.2 Å². The number of carboxylic acid groups (broad SMARTS) is 1. The van der Waals surface area contributed by atoms with Gasteiger partial charge >= 0.3 is 5.97 Å². The van der Waals surface area contributed by atoms with Gasteiger partial charge in [0.2, 0.25) is 0 Å². The number of rotatable bonds is 2. The molecular formula is C13H18O4. The predicted molar refractivity (Wildman–Crippen MR) is 61.7 cm³/mol. The van der Waals surface area contributed by atoms with Crippen molar-refractivity contribution in [1.82, 2.24) is 0 Å². The first-order chi connectivity index (χ1) is 7.95. The monoisotopic (exact) mass is 238 g/mol. The molecule has 0 radical (unpaired) electrons. The summed E-state index contributed by atoms with van der Waals surface area (Å²) >= 11 is 0. The van der Waals surface area contributed by atoms with E-state index < -0.39 is 11.6 Å². The van der Waals surface area contributed by atoms with Crippen molar-refractivity contribution in [1.29, 1.82) is 0 Å². The van der Waals surface area contributed by atoms with Crippen molar-refractivity contribution in [2.75, 3.05) is 0 Å². The van der Waals surface area contributed by atoms with Gasteiger partial charge in [0, 0.05) is 0 Å². The molecule has 1 aromatic rings. The van der Waals surface area contributed by atoms with E-state index in [4.69, 9.17) is 9.52 Å². The third kappa shape index (κ3) is 1.97. The Morgan fingerprint density at radius 3 is 2.82 bits per heavy atom. The molecule has 0 aromatic carbocycles. The van der Waals surface area contributed by atoms with E-state index in [1.165, 1.54) is 12.3 Å². The summed E-state index contributed by atoms with van der Waals surface area (Å²) in [6.07, 6.45) is 3.67. The Balaban J connectivity index is 2.37. The highest BCUT2D eigenvalue weighted by Crippen LogP contribution is 2.44. The summed E-state index contributed by atoms with van der Waals surface area (Å²) in [6, 6.07) is 1.40. The lowest BCUT2D eigenvalue weighted by Crippen LogP contribution is -2.39. The van der Waals surface area contributed by atoms with Crippen LogP contribution in [0.1, 0.15) is 49.2 Å². The number of aliphatic hydroxyl groups is 1. The lowest BCUT2D eigenvalue weighted by atomic mass is 9.70. The molecule has 4 heteroatoms. The fourth-order valence-corrected chi connectivity index (χ4v) is 2.78. The second-order valence-corrected chi connectivity index (χ2v) is 5.17. The van der Waals surface area contributed by atoms with E-state index >= 15 is 0 Å². The number of hydrogen-bond donors (Lipinski definition) is 2. The summed E-state index contributed by atoms with van der Waals surface area (Å²) in [5.74, 6) is -0.263. The maximum Gasteiger partial charge on any atom is 0.339 e. The summed E-state index contributed by atoms with van der Waals surface area (Å²) in [4.78, 5) is 11.1. The minimum absolute atomic E-state index is 0.00972. The van der Waals surface area contributed by atoms with Gasteiger partial charge in [0.25, 0.3) is 0 Å². The summed E-state index contributed by atoms with van der Waals surface area (Å²) in [6.45, 7) is 4.10. The van der Waals surface area contributed by atoms with Gasteiger partial charge in [0.15, 0.2) is 0 Å². The van der Waals surface area contributed by atoms with Crippen LogP contribution < -0.4 is 0 Å². The zero-order valence-corrected chi connectivity index (χ0v) is 10.1. The van der Waals surface area contributed by atoms with Crippen LogP contribution in [0.15, 0.2) is 16.7 Å². The molecule has 1 saturated carbocycles. The first kappa shape index (κ1) is 12.2. The summed E-state index contributed by atoms with van der Waals surface area (Å²) in [5, 5.41) is 19.8. The van der Waals surface area contributed by atoms with Crippen molar-refractivity contribution < 1.29 is 19.4 Å². The number of carbonyl (C=O) groups is 1. The van der Waals surface area contributed by atoms with Crippen LogP contribution in [0.4, 0.5) is 0 Å². The van der Waals surface area contributed by atoms with E-state index in [0.717, 1.165) is 12.8 Å². The van der Waals surface area contributed by atoms with Gasteiger partial charge in [0.1, 0.15) is 16.9 Å². The molecule has 2 rings (SSSR count). The van der Waals surface area contributed by atoms with Crippen molar-refractivity contribution in [2.24, 2.45) is 11.8 Å². The van der Waals surface area contributed by atoms with Crippen molar-refractivity contribution in [2.45, 2.75) is 38.7 Å². The zero-order valence-electron chi connectivity index (χ0n) is 10.1. The van der Waals surface area contributed by atoms with Gasteiger partial charge in [-0.05, 0) is 37.2 Å². The van der Waals surface area contributed by atoms with Gasteiger partial charge in [-0.2, -0.15) is 0 Å². The fourth-order valence-electron chi connectivity index (χ4n) is 2.78. The molecule has 1 heterocycles. The highest BCUT2D eigenvalue weighted by molar-refractivity contribution is 5.89. The van der Waals surface area contributed by atoms with Crippen molar-refractivity contribution >= 4 is 5.97 Å². The number of aromatic carboxylic acids is 1. The molecule has 1 aromatic heterocycles. The molecule has 2 N–H and O–H groups in total. The Morgan fingerprint density at radius 1 is 1.53 bits per heavy atom. The Bertz CT molecular complexity index is 423. The lowest BCUT2D eigenvalue weighted by molar-refractivity contribution is -0.0751. The average Bonchev–Trinajstić information content (AvgIpc) is 2.73. The number of hydrogen-bond acceptors (Lipinski definition) is 3. The van der Waals surface area contributed by atoms with E-state index in [1.54, 1.807) is 0 Å². The first-order valence-corrected chi connectivity index (χ1v) is 5.98. The Labute approximate surface area is 100 Å². The van der Waals surface area contributed by atoms with Gasteiger partial charge in [-0.25, -0.2) is 4.79 Å². The van der Waals surface area contributed by atoms with Crippen LogP contribution in [0.2, 0.25) is 0 Å². The van der Waals surface area contributed by atoms with Crippen molar-refractivity contribution in [3.05, 3.63) is 23.7 Å². The van der Waals surface area contributed by atoms with Crippen LogP contribution in [0.25, 0.3) is 0 Å². The summed E-state index contributed by atoms with van der Waals surface area (Å²) in [7, 11) is 0. The van der Waals surface area contributed by atoms with Gasteiger partial charge in [-0.3, -0.25) is 0 Å². The molecule has 0 saturated heterocycles. The van der Waals surface area contributed by atoms with E-state index in [9.17, 15) is 9.90 Å². The second-order valence-electron chi connectivity index (χ2n) is 5.17. The van der Waals surface area contributed by atoms with E-state index in [1.807, 2.05) is 6.92 Å². The van der Waals surface area contributed by atoms with Gasteiger partial charge in [-0.15, -0.1) is 0 Å². The molecule has 0 amide bonds. The maximum absolute atomic E-state index is 11.1. The quantitative estimate of drug-likeness (QED) is 0.830. The van der Waals surface area contributed by atoms with Gasteiger partial charge < -0.3 is 14.6 Å². The Kier molecular flexibility index (Phi) is 3.00. The molecule has 1 fully saturated rings. The number of furan rings is 1. The smallest absolute Gasteiger partial charge is 0.339 e. The first-order valence-electron chi connectivity index (χ1n) is 5.98. The minimum atomic E-state index is -1.14. The second kappa shape index (κ2) is 4.18. The number of carboxylic acids is 1. The molecule has 94 valence electrons. The van der Waals surface area contributed by atoms with Crippen molar-refractivity contribution in [3.63, 3.8) is 0 Å². The minimum Gasteiger partial charge on any atom is -0.478 e. The summed E-state index contributed by atoms with van der Waals surface area (Å²) in [5.41, 5.74) is -1.06. The Hall–Kier alpha value is -1.29. The van der Waals surface area contributed by atoms with Crippen LogP contribution in [-0.4, -0.2) is 16.2 Å². The van der Waals surface area contributed by atoms with E-state index in [2.05, 4.69) is 6.92 Å². The third-order valence-electron chi connectivity index (χ3n) is 3.88. The Morgan fingerprint density at radius 2 is 2.24 bits per heavy atom. The van der Waals surface area contributed by atoms with Crippen LogP contribution in [0, 0.1) is 11.8 Å². The van der Waals surface area contributed by atoms with Crippen molar-refractivity contribution in [3.8, 4) is 0 Å². The van der Waals surface area contributed by atoms with E-state index in [0.29, 0.717) is 12.3 Å². The van der Waals surface area contributed by atoms with Crippen LogP contribution >= 0.6 is 0 Å². The average molecular weight is 238 g/mol. The molecular weight excluding hydrogens is 220 g/mol.